The van der Waals surface area contributed by atoms with Crippen molar-refractivity contribution >= 4 is 0 Å². The molecule has 1 aliphatic carbocycles. The van der Waals surface area contributed by atoms with Crippen LogP contribution in [0.25, 0.3) is 0 Å². The molecule has 0 unspecified atom stereocenters. The minimum Gasteiger partial charge on any atom is -0.308 e. The number of unbranched alkanes of at least 4 members (excludes halogenated alkanes) is 12. The number of allylic oxidation sites excluding steroid dienone is 1. The van der Waals surface area contributed by atoms with Crippen molar-refractivity contribution in [2.24, 2.45) is 5.92 Å². The second kappa shape index (κ2) is 15.9. The van der Waals surface area contributed by atoms with Gasteiger partial charge in [-0.05, 0) is 38.0 Å². The lowest BCUT2D eigenvalue weighted by atomic mass is 10.0. The monoisotopic (exact) mass is 353 g/mol. The number of rotatable bonds is 16. The van der Waals surface area contributed by atoms with Gasteiger partial charge in [0.15, 0.2) is 0 Å². The average Bonchev–Trinajstić information content (AvgIpc) is 3.02. The van der Waals surface area contributed by atoms with Gasteiger partial charge in [-0.25, -0.2) is 4.39 Å². The Morgan fingerprint density at radius 3 is 1.96 bits per heavy atom. The zero-order chi connectivity index (χ0) is 18.2. The van der Waals surface area contributed by atoms with Crippen molar-refractivity contribution in [2.45, 2.75) is 123 Å². The van der Waals surface area contributed by atoms with Crippen LogP contribution in [0.5, 0.6) is 0 Å². The third-order valence-corrected chi connectivity index (χ3v) is 5.68. The molecule has 0 aliphatic heterocycles. The molecule has 1 N–H and O–H groups in total. The molecule has 0 aromatic rings. The average molecular weight is 354 g/mol. The van der Waals surface area contributed by atoms with Crippen LogP contribution in [0.15, 0.2) is 11.9 Å². The third kappa shape index (κ3) is 13.5. The van der Waals surface area contributed by atoms with Gasteiger partial charge in [-0.2, -0.15) is 0 Å². The molecule has 1 rings (SSSR count). The molecule has 0 spiro atoms. The van der Waals surface area contributed by atoms with Crippen molar-refractivity contribution in [3.05, 3.63) is 11.9 Å². The first-order chi connectivity index (χ1) is 12.2. The summed E-state index contributed by atoms with van der Waals surface area (Å²) in [4.78, 5) is 0. The van der Waals surface area contributed by atoms with Gasteiger partial charge >= 0.3 is 0 Å². The van der Waals surface area contributed by atoms with Crippen molar-refractivity contribution in [2.75, 3.05) is 6.54 Å². The normalized spacial score (nSPS) is 21.2. The summed E-state index contributed by atoms with van der Waals surface area (Å²) in [6.45, 7) is 5.01. The second-order valence-corrected chi connectivity index (χ2v) is 8.32. The molecule has 0 aromatic carbocycles. The van der Waals surface area contributed by atoms with E-state index in [1.54, 1.807) is 0 Å². The molecule has 0 aromatic heterocycles. The lowest BCUT2D eigenvalue weighted by Crippen LogP contribution is -2.27. The van der Waals surface area contributed by atoms with Gasteiger partial charge < -0.3 is 5.32 Å². The maximum Gasteiger partial charge on any atom is 0.110 e. The molecular formula is C23H44FN. The molecule has 25 heavy (non-hydrogen) atoms. The van der Waals surface area contributed by atoms with Gasteiger partial charge in [-0.3, -0.25) is 0 Å². The van der Waals surface area contributed by atoms with Gasteiger partial charge in [-0.1, -0.05) is 90.6 Å². The summed E-state index contributed by atoms with van der Waals surface area (Å²) in [5.41, 5.74) is 0. The Morgan fingerprint density at radius 1 is 0.880 bits per heavy atom. The van der Waals surface area contributed by atoms with Crippen molar-refractivity contribution in [3.8, 4) is 0 Å². The first-order valence-corrected chi connectivity index (χ1v) is 11.3. The van der Waals surface area contributed by atoms with E-state index in [4.69, 9.17) is 0 Å². The summed E-state index contributed by atoms with van der Waals surface area (Å²) < 4.78 is 13.8. The van der Waals surface area contributed by atoms with E-state index in [0.29, 0.717) is 12.6 Å². The molecule has 2 atom stereocenters. The fraction of sp³-hybridized carbons (Fsp3) is 0.913. The summed E-state index contributed by atoms with van der Waals surface area (Å²) in [7, 11) is 0. The molecule has 2 heteroatoms. The molecule has 0 radical (unpaired) electrons. The molecule has 1 saturated carbocycles. The molecule has 1 nitrogen and oxygen atoms in total. The van der Waals surface area contributed by atoms with Crippen molar-refractivity contribution < 1.29 is 4.39 Å². The number of nitrogens with one attached hydrogen (secondary N) is 1. The molecule has 0 saturated heterocycles. The number of halogens is 1. The molecular weight excluding hydrogens is 309 g/mol. The lowest BCUT2D eigenvalue weighted by Gasteiger charge is -2.10. The summed E-state index contributed by atoms with van der Waals surface area (Å²) in [5.74, 6) is 0.855. The molecule has 1 aliphatic rings. The van der Waals surface area contributed by atoms with E-state index in [1.165, 1.54) is 89.9 Å². The highest BCUT2D eigenvalue weighted by Gasteiger charge is 2.20. The molecule has 148 valence electrons. The van der Waals surface area contributed by atoms with Crippen LogP contribution < -0.4 is 5.32 Å². The van der Waals surface area contributed by atoms with Gasteiger partial charge in [0.2, 0.25) is 0 Å². The van der Waals surface area contributed by atoms with Gasteiger partial charge in [0.05, 0.1) is 0 Å². The van der Waals surface area contributed by atoms with Crippen LogP contribution in [0.2, 0.25) is 0 Å². The van der Waals surface area contributed by atoms with Crippen molar-refractivity contribution in [1.29, 1.82) is 0 Å². The predicted molar refractivity (Wildman–Crippen MR) is 110 cm³/mol. The van der Waals surface area contributed by atoms with Crippen LogP contribution in [0.3, 0.4) is 0 Å². The van der Waals surface area contributed by atoms with Crippen LogP contribution in [0.1, 0.15) is 117 Å². The Bertz CT molecular complexity index is 326. The first kappa shape index (κ1) is 22.7. The van der Waals surface area contributed by atoms with E-state index >= 15 is 0 Å². The van der Waals surface area contributed by atoms with Crippen molar-refractivity contribution in [1.82, 2.24) is 5.32 Å². The Hall–Kier alpha value is -0.370. The number of hydrogen-bond donors (Lipinski definition) is 1. The van der Waals surface area contributed by atoms with Gasteiger partial charge in [0.1, 0.15) is 5.83 Å². The van der Waals surface area contributed by atoms with E-state index in [2.05, 4.69) is 19.2 Å². The third-order valence-electron chi connectivity index (χ3n) is 5.68. The zero-order valence-corrected chi connectivity index (χ0v) is 17.1. The van der Waals surface area contributed by atoms with Gasteiger partial charge in [-0.15, -0.1) is 0 Å². The summed E-state index contributed by atoms with van der Waals surface area (Å²) >= 11 is 0. The highest BCUT2D eigenvalue weighted by molar-refractivity contribution is 4.95. The molecule has 0 amide bonds. The fourth-order valence-corrected chi connectivity index (χ4v) is 3.95. The molecule has 0 heterocycles. The summed E-state index contributed by atoms with van der Waals surface area (Å²) in [6.07, 6.45) is 22.8. The van der Waals surface area contributed by atoms with Crippen LogP contribution in [-0.4, -0.2) is 12.6 Å². The number of hydrogen-bond acceptors (Lipinski definition) is 1. The fourth-order valence-electron chi connectivity index (χ4n) is 3.95. The Morgan fingerprint density at radius 2 is 1.44 bits per heavy atom. The van der Waals surface area contributed by atoms with Gasteiger partial charge in [0, 0.05) is 12.6 Å². The summed E-state index contributed by atoms with van der Waals surface area (Å²) in [5, 5.41) is 3.37. The Balaban J connectivity index is 1.81. The van der Waals surface area contributed by atoms with E-state index in [1.807, 2.05) is 6.08 Å². The van der Waals surface area contributed by atoms with Crippen molar-refractivity contribution in [3.63, 3.8) is 0 Å². The predicted octanol–water partition coefficient (Wildman–Crippen LogP) is 7.71. The maximum absolute atomic E-state index is 13.8. The van der Waals surface area contributed by atoms with E-state index in [9.17, 15) is 4.39 Å². The topological polar surface area (TPSA) is 12.0 Å². The minimum atomic E-state index is 0.0441. The zero-order valence-electron chi connectivity index (χ0n) is 17.1. The standard InChI is InChI=1S/C23H44FN/c1-3-4-5-6-7-8-9-10-11-12-13-14-15-16-22(24)20-25-23-18-17-21(2)19-23/h16,21,23,25H,3-15,17-20H2,1-2H3/b22-16-/t21-,23+/m0/s1. The lowest BCUT2D eigenvalue weighted by molar-refractivity contribution is 0.483. The Kier molecular flexibility index (Phi) is 14.4. The molecule has 1 fully saturated rings. The van der Waals surface area contributed by atoms with E-state index in [0.717, 1.165) is 18.8 Å². The van der Waals surface area contributed by atoms with Crippen LogP contribution in [-0.2, 0) is 0 Å². The smallest absolute Gasteiger partial charge is 0.110 e. The highest BCUT2D eigenvalue weighted by Crippen LogP contribution is 2.24. The van der Waals surface area contributed by atoms with Gasteiger partial charge in [0.25, 0.3) is 0 Å². The quantitative estimate of drug-likeness (QED) is 0.280. The van der Waals surface area contributed by atoms with E-state index < -0.39 is 0 Å². The van der Waals surface area contributed by atoms with Crippen LogP contribution in [0.4, 0.5) is 4.39 Å². The van der Waals surface area contributed by atoms with Crippen LogP contribution >= 0.6 is 0 Å². The van der Waals surface area contributed by atoms with Crippen LogP contribution in [0, 0.1) is 5.92 Å². The Labute approximate surface area is 157 Å². The maximum atomic E-state index is 13.8. The first-order valence-electron chi connectivity index (χ1n) is 11.3. The minimum absolute atomic E-state index is 0.0441. The largest absolute Gasteiger partial charge is 0.308 e. The second-order valence-electron chi connectivity index (χ2n) is 8.32. The molecule has 0 bridgehead atoms. The van der Waals surface area contributed by atoms with E-state index in [-0.39, 0.29) is 5.83 Å². The summed E-state index contributed by atoms with van der Waals surface area (Å²) in [6, 6.07) is 0.542. The SMILES string of the molecule is CCCCCCCCCCCCCC/C=C(\F)CN[C@@H]1CC[C@H](C)C1. The highest BCUT2D eigenvalue weighted by atomic mass is 19.1.